The predicted octanol–water partition coefficient (Wildman–Crippen LogP) is 2.75. The van der Waals surface area contributed by atoms with Gasteiger partial charge in [-0.05, 0) is 26.0 Å². The fourth-order valence-corrected chi connectivity index (χ4v) is 2.09. The Morgan fingerprint density at radius 2 is 2.05 bits per heavy atom. The zero-order chi connectivity index (χ0) is 13.2. The minimum absolute atomic E-state index is 0.0489. The van der Waals surface area contributed by atoms with Gasteiger partial charge in [0.2, 0.25) is 0 Å². The molecule has 3 aromatic rings. The van der Waals surface area contributed by atoms with Crippen LogP contribution in [0.4, 0.5) is 0 Å². The Hall–Kier alpha value is -2.14. The van der Waals surface area contributed by atoms with Crippen LogP contribution < -0.4 is 0 Å². The first-order valence-corrected chi connectivity index (χ1v) is 6.37. The zero-order valence-corrected chi connectivity index (χ0v) is 11.0. The molecule has 0 saturated heterocycles. The fraction of sp³-hybridized carbons (Fsp3) is 0.286. The summed E-state index contributed by atoms with van der Waals surface area (Å²) in [5.41, 5.74) is 3.23. The molecule has 3 heterocycles. The molecule has 19 heavy (non-hydrogen) atoms. The van der Waals surface area contributed by atoms with Crippen molar-refractivity contribution in [2.75, 3.05) is 6.61 Å². The summed E-state index contributed by atoms with van der Waals surface area (Å²) in [6, 6.07) is 6.10. The molecule has 0 spiro atoms. The van der Waals surface area contributed by atoms with E-state index in [-0.39, 0.29) is 6.23 Å². The van der Waals surface area contributed by atoms with Crippen molar-refractivity contribution in [1.82, 2.24) is 19.4 Å². The quantitative estimate of drug-likeness (QED) is 0.721. The number of fused-ring (bicyclic) bond motifs is 1. The van der Waals surface area contributed by atoms with Crippen LogP contribution in [0.3, 0.4) is 0 Å². The van der Waals surface area contributed by atoms with E-state index in [1.165, 1.54) is 0 Å². The number of aromatic nitrogens is 4. The molecule has 0 aliphatic rings. The molecule has 98 valence electrons. The molecular formula is C14H16N4O. The van der Waals surface area contributed by atoms with Gasteiger partial charge in [0.05, 0.1) is 11.7 Å². The van der Waals surface area contributed by atoms with Crippen LogP contribution in [0, 0.1) is 0 Å². The highest BCUT2D eigenvalue weighted by Gasteiger charge is 2.08. The highest BCUT2D eigenvalue weighted by atomic mass is 16.5. The van der Waals surface area contributed by atoms with Gasteiger partial charge in [0, 0.05) is 36.3 Å². The molecule has 0 bridgehead atoms. The number of hydrogen-bond acceptors (Lipinski definition) is 3. The average Bonchev–Trinajstić information content (AvgIpc) is 3.07. The third kappa shape index (κ3) is 2.24. The molecule has 5 nitrogen and oxygen atoms in total. The van der Waals surface area contributed by atoms with E-state index in [0.29, 0.717) is 6.61 Å². The maximum absolute atomic E-state index is 5.52. The molecular weight excluding hydrogens is 240 g/mol. The third-order valence-corrected chi connectivity index (χ3v) is 3.11. The first kappa shape index (κ1) is 11.9. The summed E-state index contributed by atoms with van der Waals surface area (Å²) >= 11 is 0. The van der Waals surface area contributed by atoms with Gasteiger partial charge in [-0.3, -0.25) is 0 Å². The highest BCUT2D eigenvalue weighted by Crippen LogP contribution is 2.20. The summed E-state index contributed by atoms with van der Waals surface area (Å²) in [5, 5.41) is 8.58. The van der Waals surface area contributed by atoms with Crippen molar-refractivity contribution in [3.8, 4) is 11.1 Å². The second-order valence-corrected chi connectivity index (χ2v) is 4.38. The first-order chi connectivity index (χ1) is 9.28. The van der Waals surface area contributed by atoms with E-state index >= 15 is 0 Å². The monoisotopic (exact) mass is 256 g/mol. The van der Waals surface area contributed by atoms with E-state index < -0.39 is 0 Å². The molecule has 0 saturated carbocycles. The molecule has 5 heteroatoms. The first-order valence-electron chi connectivity index (χ1n) is 6.37. The Balaban J connectivity index is 1.93. The van der Waals surface area contributed by atoms with Crippen LogP contribution in [-0.2, 0) is 4.74 Å². The molecule has 0 N–H and O–H groups in total. The second kappa shape index (κ2) is 4.85. The molecule has 0 aliphatic heterocycles. The van der Waals surface area contributed by atoms with Gasteiger partial charge < -0.3 is 4.74 Å². The van der Waals surface area contributed by atoms with Crippen molar-refractivity contribution in [1.29, 1.82) is 0 Å². The van der Waals surface area contributed by atoms with Crippen molar-refractivity contribution in [2.45, 2.75) is 20.1 Å². The van der Waals surface area contributed by atoms with Gasteiger partial charge >= 0.3 is 0 Å². The van der Waals surface area contributed by atoms with Crippen LogP contribution in [0.15, 0.2) is 43.0 Å². The van der Waals surface area contributed by atoms with E-state index in [2.05, 4.69) is 16.3 Å². The van der Waals surface area contributed by atoms with Crippen LogP contribution >= 0.6 is 0 Å². The minimum Gasteiger partial charge on any atom is -0.357 e. The van der Waals surface area contributed by atoms with Crippen molar-refractivity contribution in [3.05, 3.63) is 43.0 Å². The van der Waals surface area contributed by atoms with Gasteiger partial charge in [-0.1, -0.05) is 6.07 Å². The van der Waals surface area contributed by atoms with Crippen molar-refractivity contribution in [3.63, 3.8) is 0 Å². The Labute approximate surface area is 111 Å². The normalized spacial score (nSPS) is 12.9. The molecule has 0 aliphatic carbocycles. The molecule has 0 amide bonds. The number of hydrogen-bond donors (Lipinski definition) is 0. The van der Waals surface area contributed by atoms with Gasteiger partial charge in [0.1, 0.15) is 6.23 Å². The summed E-state index contributed by atoms with van der Waals surface area (Å²) in [6.07, 6.45) is 7.58. The van der Waals surface area contributed by atoms with Crippen LogP contribution in [0.5, 0.6) is 0 Å². The van der Waals surface area contributed by atoms with Crippen LogP contribution in [-0.4, -0.2) is 26.0 Å². The largest absolute Gasteiger partial charge is 0.357 e. The number of rotatable bonds is 4. The van der Waals surface area contributed by atoms with E-state index in [1.807, 2.05) is 53.8 Å². The SMILES string of the molecule is CCOC(C)n1cc(-c2ccc3ccnn3c2)cn1. The second-order valence-electron chi connectivity index (χ2n) is 4.38. The Morgan fingerprint density at radius 1 is 1.16 bits per heavy atom. The number of nitrogens with zero attached hydrogens (tertiary/aromatic N) is 4. The van der Waals surface area contributed by atoms with Crippen molar-refractivity contribution < 1.29 is 4.74 Å². The Bertz CT molecular complexity index is 685. The van der Waals surface area contributed by atoms with Gasteiger partial charge in [-0.15, -0.1) is 0 Å². The lowest BCUT2D eigenvalue weighted by Gasteiger charge is -2.11. The van der Waals surface area contributed by atoms with Crippen LogP contribution in [0.2, 0.25) is 0 Å². The highest BCUT2D eigenvalue weighted by molar-refractivity contribution is 5.63. The molecule has 1 unspecified atom stereocenters. The molecule has 3 aromatic heterocycles. The van der Waals surface area contributed by atoms with Crippen LogP contribution in [0.25, 0.3) is 16.6 Å². The lowest BCUT2D eigenvalue weighted by molar-refractivity contribution is 0.0160. The maximum Gasteiger partial charge on any atom is 0.147 e. The summed E-state index contributed by atoms with van der Waals surface area (Å²) in [4.78, 5) is 0. The summed E-state index contributed by atoms with van der Waals surface area (Å²) in [6.45, 7) is 4.64. The van der Waals surface area contributed by atoms with E-state index in [9.17, 15) is 0 Å². The summed E-state index contributed by atoms with van der Waals surface area (Å²) < 4.78 is 9.20. The lowest BCUT2D eigenvalue weighted by Crippen LogP contribution is -2.09. The zero-order valence-electron chi connectivity index (χ0n) is 11.0. The smallest absolute Gasteiger partial charge is 0.147 e. The van der Waals surface area contributed by atoms with Gasteiger partial charge in [-0.2, -0.15) is 10.2 Å². The lowest BCUT2D eigenvalue weighted by atomic mass is 10.1. The standard InChI is InChI=1S/C14H16N4O/c1-3-19-11(2)17-10-13(8-16-17)12-4-5-14-6-7-15-18(14)9-12/h4-11H,3H2,1-2H3. The van der Waals surface area contributed by atoms with E-state index in [1.54, 1.807) is 6.20 Å². The van der Waals surface area contributed by atoms with Crippen LogP contribution in [0.1, 0.15) is 20.1 Å². The Morgan fingerprint density at radius 3 is 2.89 bits per heavy atom. The van der Waals surface area contributed by atoms with E-state index in [4.69, 9.17) is 4.74 Å². The van der Waals surface area contributed by atoms with Gasteiger partial charge in [0.15, 0.2) is 0 Å². The number of ether oxygens (including phenoxy) is 1. The van der Waals surface area contributed by atoms with Crippen molar-refractivity contribution in [2.24, 2.45) is 0 Å². The molecule has 1 atom stereocenters. The van der Waals surface area contributed by atoms with Gasteiger partial charge in [-0.25, -0.2) is 9.20 Å². The van der Waals surface area contributed by atoms with Crippen molar-refractivity contribution >= 4 is 5.52 Å². The average molecular weight is 256 g/mol. The molecule has 0 radical (unpaired) electrons. The fourth-order valence-electron chi connectivity index (χ4n) is 2.09. The summed E-state index contributed by atoms with van der Waals surface area (Å²) in [5.74, 6) is 0. The maximum atomic E-state index is 5.52. The molecule has 3 rings (SSSR count). The molecule has 0 fully saturated rings. The topological polar surface area (TPSA) is 44.4 Å². The molecule has 0 aromatic carbocycles. The third-order valence-electron chi connectivity index (χ3n) is 3.11. The Kier molecular flexibility index (Phi) is 3.05. The minimum atomic E-state index is -0.0489. The predicted molar refractivity (Wildman–Crippen MR) is 72.8 cm³/mol. The van der Waals surface area contributed by atoms with Gasteiger partial charge in [0.25, 0.3) is 0 Å². The summed E-state index contributed by atoms with van der Waals surface area (Å²) in [7, 11) is 0. The number of pyridine rings is 1. The van der Waals surface area contributed by atoms with E-state index in [0.717, 1.165) is 16.6 Å².